The zero-order chi connectivity index (χ0) is 13.9. The van der Waals surface area contributed by atoms with Crippen molar-refractivity contribution in [3.63, 3.8) is 0 Å². The number of aromatic nitrogens is 2. The number of rotatable bonds is 2. The lowest BCUT2D eigenvalue weighted by atomic mass is 10.0. The van der Waals surface area contributed by atoms with Crippen LogP contribution in [0.2, 0.25) is 0 Å². The molecule has 0 bridgehead atoms. The Labute approximate surface area is 124 Å². The van der Waals surface area contributed by atoms with E-state index >= 15 is 0 Å². The summed E-state index contributed by atoms with van der Waals surface area (Å²) in [4.78, 5) is 14.6. The number of aryl methyl sites for hydroxylation is 1. The fraction of sp³-hybridized carbons (Fsp3) is 0.733. The van der Waals surface area contributed by atoms with Gasteiger partial charge in [-0.15, -0.1) is 11.8 Å². The summed E-state index contributed by atoms with van der Waals surface area (Å²) in [5.74, 6) is 1.53. The minimum atomic E-state index is 0.229. The fourth-order valence-electron chi connectivity index (χ4n) is 3.12. The van der Waals surface area contributed by atoms with Crippen molar-refractivity contribution in [2.24, 2.45) is 0 Å². The highest BCUT2D eigenvalue weighted by atomic mass is 32.2. The van der Waals surface area contributed by atoms with Gasteiger partial charge in [0.05, 0.1) is 17.5 Å². The van der Waals surface area contributed by atoms with E-state index in [1.54, 1.807) is 0 Å². The van der Waals surface area contributed by atoms with E-state index in [9.17, 15) is 4.79 Å². The monoisotopic (exact) mass is 293 g/mol. The molecule has 5 heteroatoms. The van der Waals surface area contributed by atoms with E-state index in [1.165, 1.54) is 18.4 Å². The topological polar surface area (TPSA) is 38.1 Å². The Morgan fingerprint density at radius 3 is 2.70 bits per heavy atom. The van der Waals surface area contributed by atoms with Gasteiger partial charge in [0.25, 0.3) is 0 Å². The van der Waals surface area contributed by atoms with Crippen molar-refractivity contribution < 1.29 is 4.79 Å². The first kappa shape index (κ1) is 14.0. The Morgan fingerprint density at radius 2 is 2.10 bits per heavy atom. The SMILES string of the molecule is Cc1cnn(C2CCN(C(=O)C3CCCCS3)CC2)c1. The van der Waals surface area contributed by atoms with Gasteiger partial charge in [0.15, 0.2) is 0 Å². The van der Waals surface area contributed by atoms with Gasteiger partial charge in [-0.3, -0.25) is 9.48 Å². The standard InChI is InChI=1S/C15H23N3OS/c1-12-10-16-18(11-12)13-5-7-17(8-6-13)15(19)14-4-2-3-9-20-14/h10-11,13-14H,2-9H2,1H3. The molecule has 0 aromatic carbocycles. The van der Waals surface area contributed by atoms with Crippen molar-refractivity contribution in [1.29, 1.82) is 0 Å². The Kier molecular flexibility index (Phi) is 4.34. The molecule has 0 aliphatic carbocycles. The van der Waals surface area contributed by atoms with E-state index in [-0.39, 0.29) is 5.25 Å². The van der Waals surface area contributed by atoms with Crippen molar-refractivity contribution in [2.45, 2.75) is 50.3 Å². The smallest absolute Gasteiger partial charge is 0.235 e. The highest BCUT2D eigenvalue weighted by Gasteiger charge is 2.30. The third kappa shape index (κ3) is 3.03. The van der Waals surface area contributed by atoms with Crippen LogP contribution in [0.15, 0.2) is 12.4 Å². The third-order valence-electron chi connectivity index (χ3n) is 4.34. The molecule has 1 unspecified atom stereocenters. The molecule has 2 aliphatic rings. The number of thioether (sulfide) groups is 1. The maximum Gasteiger partial charge on any atom is 0.235 e. The second kappa shape index (κ2) is 6.20. The maximum atomic E-state index is 12.5. The van der Waals surface area contributed by atoms with Gasteiger partial charge < -0.3 is 4.90 Å². The summed E-state index contributed by atoms with van der Waals surface area (Å²) in [6.07, 6.45) is 9.65. The molecule has 2 aliphatic heterocycles. The van der Waals surface area contributed by atoms with E-state index in [2.05, 4.69) is 27.8 Å². The first-order chi connectivity index (χ1) is 9.74. The molecule has 2 saturated heterocycles. The van der Waals surface area contributed by atoms with Gasteiger partial charge in [0.1, 0.15) is 0 Å². The molecule has 110 valence electrons. The average molecular weight is 293 g/mol. The molecule has 4 nitrogen and oxygen atoms in total. The van der Waals surface area contributed by atoms with Crippen LogP contribution in [0.5, 0.6) is 0 Å². The second-order valence-electron chi connectivity index (χ2n) is 5.91. The van der Waals surface area contributed by atoms with E-state index in [4.69, 9.17) is 0 Å². The lowest BCUT2D eigenvalue weighted by Gasteiger charge is -2.35. The quantitative estimate of drug-likeness (QED) is 0.841. The van der Waals surface area contributed by atoms with Crippen LogP contribution in [-0.4, -0.2) is 44.7 Å². The van der Waals surface area contributed by atoms with Gasteiger partial charge >= 0.3 is 0 Å². The number of carbonyl (C=O) groups is 1. The van der Waals surface area contributed by atoms with Crippen molar-refractivity contribution in [1.82, 2.24) is 14.7 Å². The second-order valence-corrected chi connectivity index (χ2v) is 7.22. The molecule has 20 heavy (non-hydrogen) atoms. The number of likely N-dealkylation sites (tertiary alicyclic amines) is 1. The molecule has 3 rings (SSSR count). The largest absolute Gasteiger partial charge is 0.342 e. The van der Waals surface area contributed by atoms with Crippen LogP contribution < -0.4 is 0 Å². The van der Waals surface area contributed by atoms with Gasteiger partial charge in [0.2, 0.25) is 5.91 Å². The third-order valence-corrected chi connectivity index (χ3v) is 5.70. The van der Waals surface area contributed by atoms with Crippen molar-refractivity contribution in [3.8, 4) is 0 Å². The van der Waals surface area contributed by atoms with Gasteiger partial charge in [-0.2, -0.15) is 5.10 Å². The van der Waals surface area contributed by atoms with Gasteiger partial charge in [-0.25, -0.2) is 0 Å². The van der Waals surface area contributed by atoms with Crippen LogP contribution in [0.3, 0.4) is 0 Å². The Balaban J connectivity index is 1.54. The fourth-order valence-corrected chi connectivity index (χ4v) is 4.40. The van der Waals surface area contributed by atoms with Gasteiger partial charge in [0, 0.05) is 19.3 Å². The van der Waals surface area contributed by atoms with Crippen LogP contribution in [0.4, 0.5) is 0 Å². The van der Waals surface area contributed by atoms with E-state index in [0.29, 0.717) is 11.9 Å². The first-order valence-electron chi connectivity index (χ1n) is 7.65. The molecule has 0 spiro atoms. The van der Waals surface area contributed by atoms with Crippen LogP contribution in [0.1, 0.15) is 43.7 Å². The van der Waals surface area contributed by atoms with Crippen LogP contribution in [0.25, 0.3) is 0 Å². The number of amides is 1. The first-order valence-corrected chi connectivity index (χ1v) is 8.70. The molecule has 0 N–H and O–H groups in total. The highest BCUT2D eigenvalue weighted by molar-refractivity contribution is 8.00. The predicted octanol–water partition coefficient (Wildman–Crippen LogP) is 2.64. The molecular formula is C15H23N3OS. The Morgan fingerprint density at radius 1 is 1.30 bits per heavy atom. The molecule has 1 aromatic heterocycles. The summed E-state index contributed by atoms with van der Waals surface area (Å²) in [5, 5.41) is 4.64. The summed E-state index contributed by atoms with van der Waals surface area (Å²) in [6, 6.07) is 0.465. The van der Waals surface area contributed by atoms with E-state index in [0.717, 1.165) is 38.1 Å². The molecule has 1 aromatic rings. The maximum absolute atomic E-state index is 12.5. The summed E-state index contributed by atoms with van der Waals surface area (Å²) < 4.78 is 2.08. The van der Waals surface area contributed by atoms with E-state index in [1.807, 2.05) is 18.0 Å². The predicted molar refractivity (Wildman–Crippen MR) is 81.9 cm³/mol. The Bertz CT molecular complexity index is 459. The zero-order valence-electron chi connectivity index (χ0n) is 12.1. The van der Waals surface area contributed by atoms with Crippen LogP contribution in [0, 0.1) is 6.92 Å². The minimum Gasteiger partial charge on any atom is -0.342 e. The van der Waals surface area contributed by atoms with Crippen molar-refractivity contribution in [2.75, 3.05) is 18.8 Å². The number of nitrogens with zero attached hydrogens (tertiary/aromatic N) is 3. The molecule has 1 amide bonds. The minimum absolute atomic E-state index is 0.229. The number of piperidine rings is 1. The molecule has 2 fully saturated rings. The van der Waals surface area contributed by atoms with Crippen LogP contribution in [-0.2, 0) is 4.79 Å². The van der Waals surface area contributed by atoms with Gasteiger partial charge in [-0.05, 0) is 43.9 Å². The zero-order valence-corrected chi connectivity index (χ0v) is 12.9. The lowest BCUT2D eigenvalue weighted by molar-refractivity contribution is -0.132. The summed E-state index contributed by atoms with van der Waals surface area (Å²) in [6.45, 7) is 3.85. The van der Waals surface area contributed by atoms with E-state index < -0.39 is 0 Å². The normalized spacial score (nSPS) is 24.9. The van der Waals surface area contributed by atoms with Gasteiger partial charge in [-0.1, -0.05) is 6.42 Å². The molecule has 0 radical (unpaired) electrons. The van der Waals surface area contributed by atoms with Crippen LogP contribution >= 0.6 is 11.8 Å². The molecule has 0 saturated carbocycles. The molecule has 3 heterocycles. The summed E-state index contributed by atoms with van der Waals surface area (Å²) in [7, 11) is 0. The average Bonchev–Trinajstić information content (AvgIpc) is 2.94. The number of carbonyl (C=O) groups excluding carboxylic acids is 1. The van der Waals surface area contributed by atoms with Crippen molar-refractivity contribution in [3.05, 3.63) is 18.0 Å². The van der Waals surface area contributed by atoms with Crippen molar-refractivity contribution >= 4 is 17.7 Å². The summed E-state index contributed by atoms with van der Waals surface area (Å²) in [5.41, 5.74) is 1.21. The highest BCUT2D eigenvalue weighted by Crippen LogP contribution is 2.29. The summed E-state index contributed by atoms with van der Waals surface area (Å²) >= 11 is 1.86. The molecule has 1 atom stereocenters. The number of hydrogen-bond donors (Lipinski definition) is 0. The number of hydrogen-bond acceptors (Lipinski definition) is 3. The lowest BCUT2D eigenvalue weighted by Crippen LogP contribution is -2.43. The molecular weight excluding hydrogens is 270 g/mol. The Hall–Kier alpha value is -0.970.